The zero-order valence-corrected chi connectivity index (χ0v) is 11.8. The van der Waals surface area contributed by atoms with E-state index in [0.717, 1.165) is 13.1 Å². The molecule has 19 heavy (non-hydrogen) atoms. The monoisotopic (exact) mass is 262 g/mol. The van der Waals surface area contributed by atoms with E-state index in [1.165, 1.54) is 57.5 Å². The van der Waals surface area contributed by atoms with Gasteiger partial charge in [-0.15, -0.1) is 0 Å². The Labute approximate surface area is 116 Å². The highest BCUT2D eigenvalue weighted by molar-refractivity contribution is 5.15. The lowest BCUT2D eigenvalue weighted by atomic mass is 10.0. The number of H-pyrrole nitrogens is 1. The molecule has 0 bridgehead atoms. The maximum atomic E-state index is 3.44. The number of aromatic nitrogens is 1. The first-order chi connectivity index (χ1) is 9.43. The lowest BCUT2D eigenvalue weighted by molar-refractivity contribution is 0.111. The van der Waals surface area contributed by atoms with Crippen molar-refractivity contribution >= 4 is 0 Å². The summed E-state index contributed by atoms with van der Waals surface area (Å²) in [7, 11) is 0. The summed E-state index contributed by atoms with van der Waals surface area (Å²) < 4.78 is 0. The van der Waals surface area contributed by atoms with E-state index in [4.69, 9.17) is 0 Å². The first-order valence-electron chi connectivity index (χ1n) is 7.73. The number of likely N-dealkylation sites (tertiary alicyclic amines) is 1. The molecule has 106 valence electrons. The lowest BCUT2D eigenvalue weighted by Gasteiger charge is -2.38. The molecule has 3 heterocycles. The number of nitrogens with zero attached hydrogens (tertiary/aromatic N) is 2. The molecule has 3 rings (SSSR count). The summed E-state index contributed by atoms with van der Waals surface area (Å²) >= 11 is 0. The summed E-state index contributed by atoms with van der Waals surface area (Å²) in [6.45, 7) is 8.37. The minimum atomic E-state index is 0.574. The zero-order valence-electron chi connectivity index (χ0n) is 11.8. The van der Waals surface area contributed by atoms with Gasteiger partial charge in [0.2, 0.25) is 0 Å². The maximum Gasteiger partial charge on any atom is 0.0490 e. The Balaban J connectivity index is 1.68. The molecular weight excluding hydrogens is 236 g/mol. The van der Waals surface area contributed by atoms with Crippen molar-refractivity contribution in [2.24, 2.45) is 0 Å². The Hall–Kier alpha value is -0.840. The fourth-order valence-electron chi connectivity index (χ4n) is 3.34. The van der Waals surface area contributed by atoms with Gasteiger partial charge in [-0.05, 0) is 37.6 Å². The van der Waals surface area contributed by atoms with Crippen molar-refractivity contribution in [2.45, 2.75) is 25.3 Å². The molecule has 0 amide bonds. The molecule has 4 heteroatoms. The van der Waals surface area contributed by atoms with Crippen molar-refractivity contribution in [1.29, 1.82) is 0 Å². The molecule has 0 radical (unpaired) electrons. The second-order valence-electron chi connectivity index (χ2n) is 5.81. The molecule has 2 aliphatic heterocycles. The summed E-state index contributed by atoms with van der Waals surface area (Å²) in [4.78, 5) is 8.53. The Morgan fingerprint density at radius 2 is 1.84 bits per heavy atom. The van der Waals surface area contributed by atoms with Crippen molar-refractivity contribution in [3.8, 4) is 0 Å². The molecule has 1 aromatic heterocycles. The number of piperazine rings is 1. The molecule has 1 unspecified atom stereocenters. The predicted octanol–water partition coefficient (Wildman–Crippen LogP) is 1.45. The molecule has 0 aliphatic carbocycles. The third kappa shape index (κ3) is 3.38. The van der Waals surface area contributed by atoms with Crippen molar-refractivity contribution in [3.05, 3.63) is 24.0 Å². The van der Waals surface area contributed by atoms with Crippen molar-refractivity contribution < 1.29 is 0 Å². The van der Waals surface area contributed by atoms with Crippen LogP contribution in [0.5, 0.6) is 0 Å². The fraction of sp³-hybridized carbons (Fsp3) is 0.733. The number of hydrogen-bond donors (Lipinski definition) is 2. The van der Waals surface area contributed by atoms with Crippen molar-refractivity contribution in [1.82, 2.24) is 20.1 Å². The normalized spacial score (nSPS) is 24.4. The number of piperidine rings is 1. The number of hydrogen-bond acceptors (Lipinski definition) is 3. The van der Waals surface area contributed by atoms with Gasteiger partial charge in [-0.3, -0.25) is 9.80 Å². The van der Waals surface area contributed by atoms with E-state index in [-0.39, 0.29) is 0 Å². The van der Waals surface area contributed by atoms with Crippen LogP contribution in [0.25, 0.3) is 0 Å². The third-order valence-electron chi connectivity index (χ3n) is 4.48. The van der Waals surface area contributed by atoms with E-state index in [1.807, 2.05) is 0 Å². The van der Waals surface area contributed by atoms with Crippen molar-refractivity contribution in [3.63, 3.8) is 0 Å². The molecular formula is C15H26N4. The molecule has 0 spiro atoms. The van der Waals surface area contributed by atoms with Crippen LogP contribution in [-0.4, -0.2) is 60.6 Å². The summed E-state index contributed by atoms with van der Waals surface area (Å²) in [6.07, 6.45) is 8.38. The molecule has 2 N–H and O–H groups in total. The van der Waals surface area contributed by atoms with Gasteiger partial charge in [-0.1, -0.05) is 6.42 Å². The second kappa shape index (κ2) is 6.55. The largest absolute Gasteiger partial charge is 0.367 e. The van der Waals surface area contributed by atoms with Gasteiger partial charge in [0.15, 0.2) is 0 Å². The Morgan fingerprint density at radius 1 is 1.05 bits per heavy atom. The zero-order chi connectivity index (χ0) is 12.9. The SMILES string of the molecule is c1cc(C(CN2CCNCC2)N2CCCCC2)c[nH]1. The molecule has 0 aromatic carbocycles. The highest BCUT2D eigenvalue weighted by Crippen LogP contribution is 2.25. The van der Waals surface area contributed by atoms with Gasteiger partial charge >= 0.3 is 0 Å². The Bertz CT molecular complexity index is 350. The Morgan fingerprint density at radius 3 is 2.53 bits per heavy atom. The fourth-order valence-corrected chi connectivity index (χ4v) is 3.34. The molecule has 4 nitrogen and oxygen atoms in total. The van der Waals surface area contributed by atoms with Crippen molar-refractivity contribution in [2.75, 3.05) is 45.8 Å². The Kier molecular flexibility index (Phi) is 4.53. The lowest BCUT2D eigenvalue weighted by Crippen LogP contribution is -2.48. The second-order valence-corrected chi connectivity index (χ2v) is 5.81. The average Bonchev–Trinajstić information content (AvgIpc) is 3.01. The van der Waals surface area contributed by atoms with Gasteiger partial charge in [0.05, 0.1) is 0 Å². The summed E-state index contributed by atoms with van der Waals surface area (Å²) in [5.41, 5.74) is 1.46. The topological polar surface area (TPSA) is 34.3 Å². The van der Waals surface area contributed by atoms with E-state index in [1.54, 1.807) is 0 Å². The predicted molar refractivity (Wildman–Crippen MR) is 78.3 cm³/mol. The van der Waals surface area contributed by atoms with Crippen LogP contribution in [0.15, 0.2) is 18.5 Å². The number of nitrogens with one attached hydrogen (secondary N) is 2. The number of rotatable bonds is 4. The van der Waals surface area contributed by atoms with E-state index < -0.39 is 0 Å². The van der Waals surface area contributed by atoms with Gasteiger partial charge in [-0.2, -0.15) is 0 Å². The van der Waals surface area contributed by atoms with Crippen LogP contribution in [0, 0.1) is 0 Å². The van der Waals surface area contributed by atoms with E-state index in [9.17, 15) is 0 Å². The molecule has 0 saturated carbocycles. The molecule has 2 aliphatic rings. The molecule has 1 aromatic rings. The standard InChI is InChI=1S/C15H26N4/c1-2-8-19(9-3-1)15(14-4-5-17-12-14)13-18-10-6-16-7-11-18/h4-5,12,15-17H,1-3,6-11,13H2. The minimum absolute atomic E-state index is 0.574. The van der Waals surface area contributed by atoms with Crippen LogP contribution in [0.4, 0.5) is 0 Å². The van der Waals surface area contributed by atoms with Crippen LogP contribution in [0.3, 0.4) is 0 Å². The van der Waals surface area contributed by atoms with Gasteiger partial charge in [0.25, 0.3) is 0 Å². The molecule has 1 atom stereocenters. The first-order valence-corrected chi connectivity index (χ1v) is 7.73. The summed E-state index contributed by atoms with van der Waals surface area (Å²) in [6, 6.07) is 2.83. The molecule has 2 fully saturated rings. The van der Waals surface area contributed by atoms with Crippen LogP contribution < -0.4 is 5.32 Å². The third-order valence-corrected chi connectivity index (χ3v) is 4.48. The van der Waals surface area contributed by atoms with E-state index >= 15 is 0 Å². The van der Waals surface area contributed by atoms with Gasteiger partial charge in [0, 0.05) is 51.2 Å². The maximum absolute atomic E-state index is 3.44. The highest BCUT2D eigenvalue weighted by Gasteiger charge is 2.25. The van der Waals surface area contributed by atoms with Crippen LogP contribution >= 0.6 is 0 Å². The van der Waals surface area contributed by atoms with Gasteiger partial charge in [-0.25, -0.2) is 0 Å². The van der Waals surface area contributed by atoms with E-state index in [2.05, 4.69) is 38.6 Å². The molecule has 2 saturated heterocycles. The van der Waals surface area contributed by atoms with Crippen LogP contribution in [0.1, 0.15) is 30.9 Å². The van der Waals surface area contributed by atoms with Gasteiger partial charge < -0.3 is 10.3 Å². The first kappa shape index (κ1) is 13.2. The number of aromatic amines is 1. The smallest absolute Gasteiger partial charge is 0.0490 e. The average molecular weight is 262 g/mol. The van der Waals surface area contributed by atoms with Crippen LogP contribution in [-0.2, 0) is 0 Å². The quantitative estimate of drug-likeness (QED) is 0.862. The minimum Gasteiger partial charge on any atom is -0.367 e. The summed E-state index contributed by atoms with van der Waals surface area (Å²) in [5, 5.41) is 3.44. The van der Waals surface area contributed by atoms with E-state index in [0.29, 0.717) is 6.04 Å². The van der Waals surface area contributed by atoms with Crippen LogP contribution in [0.2, 0.25) is 0 Å². The van der Waals surface area contributed by atoms with Gasteiger partial charge in [0.1, 0.15) is 0 Å². The highest BCUT2D eigenvalue weighted by atomic mass is 15.2. The summed E-state index contributed by atoms with van der Waals surface area (Å²) in [5.74, 6) is 0.